The summed E-state index contributed by atoms with van der Waals surface area (Å²) in [5.41, 5.74) is -0.478. The molecular weight excluding hydrogens is 260 g/mol. The van der Waals surface area contributed by atoms with Crippen LogP contribution in [0.1, 0.15) is 35.2 Å². The van der Waals surface area contributed by atoms with E-state index in [2.05, 4.69) is 25.1 Å². The molecule has 2 aromatic heterocycles. The van der Waals surface area contributed by atoms with Gasteiger partial charge < -0.3 is 4.90 Å². The number of aromatic nitrogens is 5. The minimum atomic E-state index is -0.478. The zero-order valence-corrected chi connectivity index (χ0v) is 10.7. The largest absolute Gasteiger partial charge is 0.341 e. The highest BCUT2D eigenvalue weighted by atomic mass is 16.2. The van der Waals surface area contributed by atoms with E-state index in [1.165, 1.54) is 0 Å². The molecule has 0 saturated carbocycles. The van der Waals surface area contributed by atoms with E-state index in [0.717, 1.165) is 18.7 Å². The van der Waals surface area contributed by atoms with Crippen molar-refractivity contribution in [1.29, 1.82) is 0 Å². The van der Waals surface area contributed by atoms with Gasteiger partial charge in [0.05, 0.1) is 0 Å². The molecule has 1 aliphatic heterocycles. The molecule has 0 radical (unpaired) electrons. The molecule has 0 aromatic carbocycles. The molecule has 2 N–H and O–H groups in total. The van der Waals surface area contributed by atoms with Gasteiger partial charge in [-0.25, -0.2) is 19.9 Å². The summed E-state index contributed by atoms with van der Waals surface area (Å²) >= 11 is 0. The quantitative estimate of drug-likeness (QED) is 0.795. The zero-order valence-electron chi connectivity index (χ0n) is 10.7. The molecule has 1 amide bonds. The monoisotopic (exact) mass is 274 g/mol. The predicted octanol–water partition coefficient (Wildman–Crippen LogP) is -0.0922. The van der Waals surface area contributed by atoms with Gasteiger partial charge in [-0.05, 0) is 18.9 Å². The Balaban J connectivity index is 1.75. The van der Waals surface area contributed by atoms with Crippen LogP contribution >= 0.6 is 0 Å². The number of likely N-dealkylation sites (tertiary alicyclic amines) is 1. The van der Waals surface area contributed by atoms with Gasteiger partial charge in [-0.3, -0.25) is 9.78 Å². The van der Waals surface area contributed by atoms with Crippen LogP contribution in [0, 0.1) is 0 Å². The number of nitrogens with zero attached hydrogens (tertiary/aromatic N) is 4. The molecule has 3 rings (SSSR count). The third-order valence-corrected chi connectivity index (χ3v) is 3.36. The second kappa shape index (κ2) is 5.24. The van der Waals surface area contributed by atoms with E-state index in [1.807, 2.05) is 0 Å². The van der Waals surface area contributed by atoms with Gasteiger partial charge in [-0.1, -0.05) is 0 Å². The van der Waals surface area contributed by atoms with Gasteiger partial charge >= 0.3 is 5.69 Å². The fraction of sp³-hybridized carbons (Fsp3) is 0.417. The molecule has 2 aromatic rings. The molecule has 8 heteroatoms. The highest BCUT2D eigenvalue weighted by Gasteiger charge is 2.28. The Hall–Kier alpha value is -2.51. The summed E-state index contributed by atoms with van der Waals surface area (Å²) in [6, 6.07) is 1.77. The van der Waals surface area contributed by atoms with Crippen LogP contribution < -0.4 is 5.69 Å². The Labute approximate surface area is 114 Å². The van der Waals surface area contributed by atoms with Crippen LogP contribution in [0.25, 0.3) is 0 Å². The van der Waals surface area contributed by atoms with Gasteiger partial charge in [0.2, 0.25) is 5.82 Å². The van der Waals surface area contributed by atoms with Gasteiger partial charge in [0.15, 0.2) is 0 Å². The van der Waals surface area contributed by atoms with E-state index in [9.17, 15) is 9.59 Å². The van der Waals surface area contributed by atoms with E-state index in [1.54, 1.807) is 23.4 Å². The molecule has 1 aliphatic rings. The third kappa shape index (κ3) is 2.44. The highest BCUT2D eigenvalue weighted by Crippen LogP contribution is 2.24. The van der Waals surface area contributed by atoms with E-state index < -0.39 is 5.69 Å². The van der Waals surface area contributed by atoms with Crippen molar-refractivity contribution in [1.82, 2.24) is 30.0 Å². The average molecular weight is 274 g/mol. The number of hydrogen-bond donors (Lipinski definition) is 2. The lowest BCUT2D eigenvalue weighted by Crippen LogP contribution is -2.40. The van der Waals surface area contributed by atoms with Crippen molar-refractivity contribution in [3.8, 4) is 0 Å². The van der Waals surface area contributed by atoms with E-state index >= 15 is 0 Å². The number of aromatic amines is 2. The van der Waals surface area contributed by atoms with Crippen LogP contribution in [0.4, 0.5) is 0 Å². The number of carbonyl (C=O) groups is 1. The van der Waals surface area contributed by atoms with E-state index in [-0.39, 0.29) is 17.6 Å². The summed E-state index contributed by atoms with van der Waals surface area (Å²) in [6.45, 7) is 1.19. The number of carbonyl (C=O) groups excluding carboxylic acids is 1. The van der Waals surface area contributed by atoms with Crippen LogP contribution in [0.3, 0.4) is 0 Å². The van der Waals surface area contributed by atoms with Crippen molar-refractivity contribution < 1.29 is 4.79 Å². The Morgan fingerprint density at radius 1 is 1.35 bits per heavy atom. The van der Waals surface area contributed by atoms with Crippen LogP contribution in [0.2, 0.25) is 0 Å². The molecule has 3 heterocycles. The second-order valence-corrected chi connectivity index (χ2v) is 4.72. The molecule has 8 nitrogen and oxygen atoms in total. The van der Waals surface area contributed by atoms with E-state index in [4.69, 9.17) is 0 Å². The summed E-state index contributed by atoms with van der Waals surface area (Å²) in [6.07, 6.45) is 5.23. The molecule has 20 heavy (non-hydrogen) atoms. The second-order valence-electron chi connectivity index (χ2n) is 4.72. The van der Waals surface area contributed by atoms with Crippen LogP contribution in [-0.2, 0) is 0 Å². The topological polar surface area (TPSA) is 108 Å². The smallest absolute Gasteiger partial charge is 0.335 e. The summed E-state index contributed by atoms with van der Waals surface area (Å²) in [5, 5.41) is 5.87. The number of nitrogens with one attached hydrogen (secondary N) is 2. The maximum atomic E-state index is 12.2. The number of piperidine rings is 1. The normalized spacial score (nSPS) is 19.0. The van der Waals surface area contributed by atoms with Crippen LogP contribution in [0.15, 0.2) is 23.3 Å². The van der Waals surface area contributed by atoms with Gasteiger partial charge in [0, 0.05) is 31.4 Å². The lowest BCUT2D eigenvalue weighted by Gasteiger charge is -2.31. The summed E-state index contributed by atoms with van der Waals surface area (Å²) in [5.74, 6) is 0.647. The number of rotatable bonds is 2. The maximum absolute atomic E-state index is 12.2. The van der Waals surface area contributed by atoms with Crippen LogP contribution in [-0.4, -0.2) is 49.0 Å². The fourth-order valence-corrected chi connectivity index (χ4v) is 2.41. The Bertz CT molecular complexity index is 649. The SMILES string of the molecule is O=C(c1n[nH]c(=O)[nH]1)N1CCCC(c2ncccn2)C1. The highest BCUT2D eigenvalue weighted by molar-refractivity contribution is 5.90. The molecule has 0 spiro atoms. The molecule has 1 fully saturated rings. The van der Waals surface area contributed by atoms with Crippen molar-refractivity contribution >= 4 is 5.91 Å². The van der Waals surface area contributed by atoms with Crippen molar-refractivity contribution in [3.63, 3.8) is 0 Å². The first-order chi connectivity index (χ1) is 9.74. The Kier molecular flexibility index (Phi) is 3.28. The molecule has 1 saturated heterocycles. The zero-order chi connectivity index (χ0) is 13.9. The fourth-order valence-electron chi connectivity index (χ4n) is 2.41. The molecule has 1 atom stereocenters. The first kappa shape index (κ1) is 12.5. The lowest BCUT2D eigenvalue weighted by atomic mass is 9.97. The summed E-state index contributed by atoms with van der Waals surface area (Å²) < 4.78 is 0. The lowest BCUT2D eigenvalue weighted by molar-refractivity contribution is 0.0692. The first-order valence-corrected chi connectivity index (χ1v) is 6.45. The van der Waals surface area contributed by atoms with Crippen molar-refractivity contribution in [3.05, 3.63) is 40.6 Å². The van der Waals surface area contributed by atoms with Crippen LogP contribution in [0.5, 0.6) is 0 Å². The Morgan fingerprint density at radius 3 is 2.85 bits per heavy atom. The third-order valence-electron chi connectivity index (χ3n) is 3.36. The first-order valence-electron chi connectivity index (χ1n) is 6.45. The number of hydrogen-bond acceptors (Lipinski definition) is 5. The molecule has 0 bridgehead atoms. The minimum absolute atomic E-state index is 0.0460. The summed E-state index contributed by atoms with van der Waals surface area (Å²) in [4.78, 5) is 35.8. The van der Waals surface area contributed by atoms with Gasteiger partial charge in [-0.2, -0.15) is 0 Å². The summed E-state index contributed by atoms with van der Waals surface area (Å²) in [7, 11) is 0. The minimum Gasteiger partial charge on any atom is -0.335 e. The Morgan fingerprint density at radius 2 is 2.15 bits per heavy atom. The maximum Gasteiger partial charge on any atom is 0.341 e. The molecule has 104 valence electrons. The molecule has 0 aliphatic carbocycles. The van der Waals surface area contributed by atoms with Crippen molar-refractivity contribution in [2.45, 2.75) is 18.8 Å². The van der Waals surface area contributed by atoms with Gasteiger partial charge in [0.25, 0.3) is 5.91 Å². The van der Waals surface area contributed by atoms with Crippen molar-refractivity contribution in [2.75, 3.05) is 13.1 Å². The predicted molar refractivity (Wildman–Crippen MR) is 69.1 cm³/mol. The standard InChI is InChI=1S/C12H14N6O2/c19-11(10-15-12(20)17-16-10)18-6-1-3-8(7-18)9-13-4-2-5-14-9/h2,4-5,8H,1,3,6-7H2,(H2,15,16,17,20). The average Bonchev–Trinajstić information content (AvgIpc) is 2.94. The number of H-pyrrole nitrogens is 2. The van der Waals surface area contributed by atoms with Gasteiger partial charge in [-0.15, -0.1) is 5.10 Å². The molecular formula is C12H14N6O2. The molecule has 1 unspecified atom stereocenters. The van der Waals surface area contributed by atoms with Crippen molar-refractivity contribution in [2.24, 2.45) is 0 Å². The van der Waals surface area contributed by atoms with Gasteiger partial charge in [0.1, 0.15) is 5.82 Å². The number of amides is 1. The van der Waals surface area contributed by atoms with E-state index in [0.29, 0.717) is 13.1 Å².